The maximum Gasteiger partial charge on any atom is 0.247 e. The quantitative estimate of drug-likeness (QED) is 0.616. The van der Waals surface area contributed by atoms with Crippen molar-refractivity contribution < 1.29 is 13.6 Å². The zero-order valence-electron chi connectivity index (χ0n) is 8.87. The maximum atomic E-state index is 11.9. The molecule has 0 amide bonds. The Kier molecular flexibility index (Phi) is 5.42. The van der Waals surface area contributed by atoms with Gasteiger partial charge in [0.25, 0.3) is 0 Å². The third-order valence-electron chi connectivity index (χ3n) is 1.89. The molecule has 0 aliphatic rings. The highest BCUT2D eigenvalue weighted by Gasteiger charge is 2.06. The van der Waals surface area contributed by atoms with Gasteiger partial charge in [0.1, 0.15) is 0 Å². The number of benzene rings is 1. The fourth-order valence-electron chi connectivity index (χ4n) is 1.16. The van der Waals surface area contributed by atoms with Crippen molar-refractivity contribution in [1.82, 2.24) is 5.32 Å². The minimum Gasteiger partial charge on any atom is -0.313 e. The first kappa shape index (κ1) is 13.1. The Morgan fingerprint density at radius 2 is 2.00 bits per heavy atom. The average Bonchev–Trinajstić information content (AvgIpc) is 2.27. The van der Waals surface area contributed by atoms with Crippen molar-refractivity contribution in [3.63, 3.8) is 0 Å². The van der Waals surface area contributed by atoms with Crippen LogP contribution in [0.25, 0.3) is 0 Å². The Bertz CT molecular complexity index is 340. The first-order valence-corrected chi connectivity index (χ1v) is 5.81. The van der Waals surface area contributed by atoms with E-state index in [1.165, 1.54) is 0 Å². The summed E-state index contributed by atoms with van der Waals surface area (Å²) in [6.07, 6.45) is -2.31. The van der Waals surface area contributed by atoms with Crippen molar-refractivity contribution in [3.05, 3.63) is 29.8 Å². The summed E-state index contributed by atoms with van der Waals surface area (Å²) in [5, 5.41) is 2.77. The summed E-state index contributed by atoms with van der Waals surface area (Å²) < 4.78 is 23.9. The molecule has 1 N–H and O–H groups in total. The second-order valence-electron chi connectivity index (χ2n) is 3.18. The summed E-state index contributed by atoms with van der Waals surface area (Å²) in [5.41, 5.74) is 0.593. The first-order chi connectivity index (χ1) is 7.63. The second kappa shape index (κ2) is 6.60. The molecule has 0 bridgehead atoms. The second-order valence-corrected chi connectivity index (χ2v) is 4.27. The van der Waals surface area contributed by atoms with E-state index in [2.05, 4.69) is 5.32 Å². The van der Waals surface area contributed by atoms with Gasteiger partial charge in [0.15, 0.2) is 5.78 Å². The van der Waals surface area contributed by atoms with E-state index >= 15 is 0 Å². The Labute approximate surface area is 97.4 Å². The van der Waals surface area contributed by atoms with Crippen molar-refractivity contribution in [1.29, 1.82) is 0 Å². The van der Waals surface area contributed by atoms with Crippen LogP contribution < -0.4 is 5.32 Å². The normalized spacial score (nSPS) is 10.8. The molecule has 0 saturated carbocycles. The number of Topliss-reactive ketones (excluding diaryl/α,β-unsaturated/α-hetero) is 1. The molecule has 0 fully saturated rings. The summed E-state index contributed by atoms with van der Waals surface area (Å²) in [6.45, 7) is 0.281. The molecule has 0 spiro atoms. The number of rotatable bonds is 6. The predicted molar refractivity (Wildman–Crippen MR) is 61.4 cm³/mol. The summed E-state index contributed by atoms with van der Waals surface area (Å²) in [7, 11) is 1.70. The molecule has 0 aliphatic carbocycles. The van der Waals surface area contributed by atoms with Gasteiger partial charge in [0.05, 0.1) is 12.3 Å². The number of alkyl halides is 2. The number of carbonyl (C=O) groups excluding carboxylic acids is 1. The monoisotopic (exact) mass is 245 g/mol. The van der Waals surface area contributed by atoms with E-state index in [-0.39, 0.29) is 18.1 Å². The van der Waals surface area contributed by atoms with Gasteiger partial charge in [-0.05, 0) is 19.2 Å². The van der Waals surface area contributed by atoms with Crippen molar-refractivity contribution >= 4 is 17.5 Å². The standard InChI is InChI=1S/C11H13F2NOS/c1-14-6-10(15)8-2-4-9(5-3-8)16-7-11(12)13/h2-5,11,14H,6-7H2,1H3. The van der Waals surface area contributed by atoms with E-state index in [0.29, 0.717) is 5.56 Å². The molecule has 88 valence electrons. The lowest BCUT2D eigenvalue weighted by molar-refractivity contribution is 0.0993. The van der Waals surface area contributed by atoms with Crippen molar-refractivity contribution in [2.75, 3.05) is 19.3 Å². The van der Waals surface area contributed by atoms with E-state index in [1.54, 1.807) is 31.3 Å². The minimum absolute atomic E-state index is 0.00657. The Morgan fingerprint density at radius 1 is 1.38 bits per heavy atom. The minimum atomic E-state index is -2.31. The third kappa shape index (κ3) is 4.28. The van der Waals surface area contributed by atoms with E-state index < -0.39 is 6.43 Å². The molecule has 0 atom stereocenters. The molecular weight excluding hydrogens is 232 g/mol. The Morgan fingerprint density at radius 3 is 2.50 bits per heavy atom. The van der Waals surface area contributed by atoms with Crippen molar-refractivity contribution in [2.45, 2.75) is 11.3 Å². The van der Waals surface area contributed by atoms with Crippen LogP contribution in [0.15, 0.2) is 29.2 Å². The fraction of sp³-hybridized carbons (Fsp3) is 0.364. The van der Waals surface area contributed by atoms with Gasteiger partial charge < -0.3 is 5.32 Å². The van der Waals surface area contributed by atoms with E-state index in [1.807, 2.05) is 0 Å². The zero-order chi connectivity index (χ0) is 12.0. The van der Waals surface area contributed by atoms with Crippen LogP contribution >= 0.6 is 11.8 Å². The van der Waals surface area contributed by atoms with Crippen LogP contribution in [0.3, 0.4) is 0 Å². The zero-order valence-corrected chi connectivity index (χ0v) is 9.69. The van der Waals surface area contributed by atoms with Gasteiger partial charge in [0, 0.05) is 10.5 Å². The molecule has 2 nitrogen and oxygen atoms in total. The molecule has 16 heavy (non-hydrogen) atoms. The van der Waals surface area contributed by atoms with Crippen LogP contribution in [-0.4, -0.2) is 31.6 Å². The number of ketones is 1. The molecule has 0 saturated heterocycles. The van der Waals surface area contributed by atoms with Crippen LogP contribution in [0, 0.1) is 0 Å². The fourth-order valence-corrected chi connectivity index (χ4v) is 1.81. The summed E-state index contributed by atoms with van der Waals surface area (Å²) >= 11 is 1.09. The summed E-state index contributed by atoms with van der Waals surface area (Å²) in [5.74, 6) is -0.225. The van der Waals surface area contributed by atoms with E-state index in [0.717, 1.165) is 16.7 Å². The van der Waals surface area contributed by atoms with Gasteiger partial charge in [-0.2, -0.15) is 0 Å². The highest BCUT2D eigenvalue weighted by molar-refractivity contribution is 7.99. The molecule has 1 rings (SSSR count). The van der Waals surface area contributed by atoms with Crippen LogP contribution in [0.5, 0.6) is 0 Å². The van der Waals surface area contributed by atoms with Gasteiger partial charge in [-0.3, -0.25) is 4.79 Å². The first-order valence-electron chi connectivity index (χ1n) is 4.82. The highest BCUT2D eigenvalue weighted by atomic mass is 32.2. The molecule has 0 radical (unpaired) electrons. The van der Waals surface area contributed by atoms with Crippen LogP contribution in [0.4, 0.5) is 8.78 Å². The summed E-state index contributed by atoms with van der Waals surface area (Å²) in [6, 6.07) is 6.70. The van der Waals surface area contributed by atoms with Gasteiger partial charge in [0.2, 0.25) is 6.43 Å². The number of nitrogens with one attached hydrogen (secondary N) is 1. The largest absolute Gasteiger partial charge is 0.313 e. The van der Waals surface area contributed by atoms with Gasteiger partial charge in [-0.1, -0.05) is 12.1 Å². The smallest absolute Gasteiger partial charge is 0.247 e. The molecule has 5 heteroatoms. The van der Waals surface area contributed by atoms with Crippen LogP contribution in [0.2, 0.25) is 0 Å². The lowest BCUT2D eigenvalue weighted by Gasteiger charge is -2.03. The van der Waals surface area contributed by atoms with Crippen molar-refractivity contribution in [3.8, 4) is 0 Å². The third-order valence-corrected chi connectivity index (χ3v) is 2.91. The lowest BCUT2D eigenvalue weighted by atomic mass is 10.1. The molecular formula is C11H13F2NOS. The van der Waals surface area contributed by atoms with E-state index in [9.17, 15) is 13.6 Å². The SMILES string of the molecule is CNCC(=O)c1ccc(SCC(F)F)cc1. The number of thioether (sulfide) groups is 1. The van der Waals surface area contributed by atoms with Gasteiger partial charge in [-0.25, -0.2) is 8.78 Å². The molecule has 0 heterocycles. The van der Waals surface area contributed by atoms with Crippen molar-refractivity contribution in [2.24, 2.45) is 0 Å². The van der Waals surface area contributed by atoms with E-state index in [4.69, 9.17) is 0 Å². The number of carbonyl (C=O) groups is 1. The molecule has 0 aromatic heterocycles. The summed E-state index contributed by atoms with van der Waals surface area (Å²) in [4.78, 5) is 12.2. The number of likely N-dealkylation sites (N-methyl/N-ethyl adjacent to an activating group) is 1. The molecule has 1 aromatic carbocycles. The van der Waals surface area contributed by atoms with Gasteiger partial charge >= 0.3 is 0 Å². The number of halogens is 2. The Hall–Kier alpha value is -0.940. The topological polar surface area (TPSA) is 29.1 Å². The highest BCUT2D eigenvalue weighted by Crippen LogP contribution is 2.20. The maximum absolute atomic E-state index is 11.9. The molecule has 0 aliphatic heterocycles. The molecule has 1 aromatic rings. The number of hydrogen-bond acceptors (Lipinski definition) is 3. The molecule has 0 unspecified atom stereocenters. The lowest BCUT2D eigenvalue weighted by Crippen LogP contribution is -2.18. The predicted octanol–water partition coefficient (Wildman–Crippen LogP) is 2.45. The van der Waals surface area contributed by atoms with Crippen LogP contribution in [0.1, 0.15) is 10.4 Å². The van der Waals surface area contributed by atoms with Gasteiger partial charge in [-0.15, -0.1) is 11.8 Å². The average molecular weight is 245 g/mol. The van der Waals surface area contributed by atoms with Crippen LogP contribution in [-0.2, 0) is 0 Å². The number of hydrogen-bond donors (Lipinski definition) is 1. The Balaban J connectivity index is 2.57.